The van der Waals surface area contributed by atoms with Crippen molar-refractivity contribution in [1.82, 2.24) is 15.0 Å². The van der Waals surface area contributed by atoms with Gasteiger partial charge in [0.1, 0.15) is 35.5 Å². The van der Waals surface area contributed by atoms with Crippen LogP contribution in [0.1, 0.15) is 10.4 Å². The van der Waals surface area contributed by atoms with Crippen LogP contribution in [0.25, 0.3) is 0 Å². The van der Waals surface area contributed by atoms with Crippen LogP contribution in [0.2, 0.25) is 0 Å². The second-order valence-corrected chi connectivity index (χ2v) is 3.50. The Kier molecular flexibility index (Phi) is 4.04. The van der Waals surface area contributed by atoms with Crippen LogP contribution in [-0.4, -0.2) is 35.1 Å². The van der Waals surface area contributed by atoms with Crippen molar-refractivity contribution < 1.29 is 23.4 Å². The highest BCUT2D eigenvalue weighted by Crippen LogP contribution is 2.28. The molecule has 0 bridgehead atoms. The van der Waals surface area contributed by atoms with Crippen molar-refractivity contribution in [3.63, 3.8) is 0 Å². The fourth-order valence-electron chi connectivity index (χ4n) is 1.45. The maximum atomic E-state index is 13.9. The second-order valence-electron chi connectivity index (χ2n) is 3.50. The highest BCUT2D eigenvalue weighted by Gasteiger charge is 2.22. The summed E-state index contributed by atoms with van der Waals surface area (Å²) in [7, 11) is 2.67. The molecule has 0 amide bonds. The molecule has 20 heavy (non-hydrogen) atoms. The monoisotopic (exact) mass is 279 g/mol. The Labute approximate surface area is 113 Å². The Morgan fingerprint density at radius 1 is 1.15 bits per heavy atom. The molecule has 0 aliphatic carbocycles. The molecule has 0 radical (unpaired) electrons. The molecule has 1 heterocycles. The highest BCUT2D eigenvalue weighted by atomic mass is 19.1. The number of ether oxygens (including phenoxy) is 3. The quantitative estimate of drug-likeness (QED) is 0.778. The Bertz CT molecular complexity index is 622. The van der Waals surface area contributed by atoms with Gasteiger partial charge in [0.05, 0.1) is 14.2 Å². The normalized spacial score (nSPS) is 9.95. The number of carbonyl (C=O) groups excluding carboxylic acids is 1. The van der Waals surface area contributed by atoms with E-state index in [0.29, 0.717) is 0 Å². The van der Waals surface area contributed by atoms with Crippen molar-refractivity contribution in [3.05, 3.63) is 36.2 Å². The zero-order chi connectivity index (χ0) is 14.5. The van der Waals surface area contributed by atoms with Gasteiger partial charge in [0.15, 0.2) is 0 Å². The van der Waals surface area contributed by atoms with Gasteiger partial charge in [-0.05, 0) is 0 Å². The molecule has 0 N–H and O–H groups in total. The summed E-state index contributed by atoms with van der Waals surface area (Å²) in [5, 5.41) is 0. The molecule has 0 unspecified atom stereocenters. The summed E-state index contributed by atoms with van der Waals surface area (Å²) in [6, 6.07) is 2.18. The average molecular weight is 279 g/mol. The fourth-order valence-corrected chi connectivity index (χ4v) is 1.45. The largest absolute Gasteiger partial charge is 0.497 e. The molecule has 0 saturated heterocycles. The van der Waals surface area contributed by atoms with Crippen molar-refractivity contribution in [2.24, 2.45) is 0 Å². The summed E-state index contributed by atoms with van der Waals surface area (Å²) in [5.74, 6) is -1.61. The van der Waals surface area contributed by atoms with E-state index in [9.17, 15) is 9.18 Å². The van der Waals surface area contributed by atoms with Crippen LogP contribution in [-0.2, 0) is 0 Å². The number of aromatic nitrogens is 3. The van der Waals surface area contributed by atoms with Crippen LogP contribution < -0.4 is 14.2 Å². The maximum absolute atomic E-state index is 13.9. The second kappa shape index (κ2) is 5.91. The van der Waals surface area contributed by atoms with Crippen LogP contribution in [0.3, 0.4) is 0 Å². The lowest BCUT2D eigenvalue weighted by atomic mass is 10.2. The lowest BCUT2D eigenvalue weighted by molar-refractivity contribution is 0.0710. The summed E-state index contributed by atoms with van der Waals surface area (Å²) in [6.07, 6.45) is 2.30. The van der Waals surface area contributed by atoms with E-state index >= 15 is 0 Å². The van der Waals surface area contributed by atoms with Gasteiger partial charge in [0.2, 0.25) is 0 Å². The van der Waals surface area contributed by atoms with E-state index in [1.54, 1.807) is 0 Å². The first-order valence-corrected chi connectivity index (χ1v) is 5.41. The number of methoxy groups -OCH3 is 2. The van der Waals surface area contributed by atoms with Crippen molar-refractivity contribution >= 4 is 5.97 Å². The van der Waals surface area contributed by atoms with Gasteiger partial charge in [0.25, 0.3) is 0 Å². The zero-order valence-corrected chi connectivity index (χ0v) is 10.7. The highest BCUT2D eigenvalue weighted by molar-refractivity contribution is 5.94. The molecule has 104 valence electrons. The molecule has 0 atom stereocenters. The molecule has 0 saturated carbocycles. The molecule has 8 heteroatoms. The number of hydrogen-bond acceptors (Lipinski definition) is 7. The predicted molar refractivity (Wildman–Crippen MR) is 64.3 cm³/mol. The van der Waals surface area contributed by atoms with Crippen LogP contribution in [0.15, 0.2) is 24.8 Å². The molecule has 2 rings (SSSR count). The molecule has 1 aromatic heterocycles. The van der Waals surface area contributed by atoms with E-state index in [0.717, 1.165) is 18.7 Å². The summed E-state index contributed by atoms with van der Waals surface area (Å²) in [4.78, 5) is 22.7. The molecule has 2 aromatic rings. The summed E-state index contributed by atoms with van der Waals surface area (Å²) < 4.78 is 28.6. The maximum Gasteiger partial charge on any atom is 0.352 e. The van der Waals surface area contributed by atoms with Gasteiger partial charge >= 0.3 is 12.0 Å². The lowest BCUT2D eigenvalue weighted by Gasteiger charge is -2.10. The molecular formula is C12H10FN3O4. The number of benzene rings is 1. The molecule has 1 aromatic carbocycles. The number of halogens is 1. The standard InChI is InChI=1S/C12H10FN3O4/c1-18-7-3-8(13)10(9(4-7)19-2)11(17)20-12-15-5-14-6-16-12/h3-6H,1-2H3. The van der Waals surface area contributed by atoms with Crippen LogP contribution in [0, 0.1) is 5.82 Å². The van der Waals surface area contributed by atoms with E-state index in [1.165, 1.54) is 20.3 Å². The topological polar surface area (TPSA) is 83.4 Å². The van der Waals surface area contributed by atoms with E-state index in [4.69, 9.17) is 14.2 Å². The third-order valence-corrected chi connectivity index (χ3v) is 2.34. The fraction of sp³-hybridized carbons (Fsp3) is 0.167. The third-order valence-electron chi connectivity index (χ3n) is 2.34. The van der Waals surface area contributed by atoms with E-state index in [1.807, 2.05) is 0 Å². The Hall–Kier alpha value is -2.77. The van der Waals surface area contributed by atoms with Gasteiger partial charge in [-0.15, -0.1) is 0 Å². The first-order valence-electron chi connectivity index (χ1n) is 5.41. The first kappa shape index (κ1) is 13.7. The minimum atomic E-state index is -0.979. The summed E-state index contributed by atoms with van der Waals surface area (Å²) in [6.45, 7) is 0. The van der Waals surface area contributed by atoms with Crippen LogP contribution in [0.4, 0.5) is 4.39 Å². The van der Waals surface area contributed by atoms with Gasteiger partial charge in [-0.3, -0.25) is 0 Å². The molecule has 0 aliphatic rings. The van der Waals surface area contributed by atoms with E-state index in [-0.39, 0.29) is 23.1 Å². The van der Waals surface area contributed by atoms with Crippen LogP contribution in [0.5, 0.6) is 17.5 Å². The first-order chi connectivity index (χ1) is 9.65. The van der Waals surface area contributed by atoms with Crippen molar-refractivity contribution in [2.45, 2.75) is 0 Å². The Morgan fingerprint density at radius 3 is 2.45 bits per heavy atom. The lowest BCUT2D eigenvalue weighted by Crippen LogP contribution is -2.14. The Morgan fingerprint density at radius 2 is 1.85 bits per heavy atom. The number of esters is 1. The minimum absolute atomic E-state index is 0.0130. The molecule has 7 nitrogen and oxygen atoms in total. The number of nitrogens with zero attached hydrogens (tertiary/aromatic N) is 3. The molecule has 0 spiro atoms. The Balaban J connectivity index is 2.34. The van der Waals surface area contributed by atoms with Crippen molar-refractivity contribution in [3.8, 4) is 17.5 Å². The molecule has 0 aliphatic heterocycles. The predicted octanol–water partition coefficient (Wildman–Crippen LogP) is 1.25. The minimum Gasteiger partial charge on any atom is -0.497 e. The van der Waals surface area contributed by atoms with Gasteiger partial charge in [0, 0.05) is 12.1 Å². The third kappa shape index (κ3) is 2.79. The smallest absolute Gasteiger partial charge is 0.352 e. The van der Waals surface area contributed by atoms with E-state index < -0.39 is 11.8 Å². The SMILES string of the molecule is COc1cc(F)c(C(=O)Oc2ncncn2)c(OC)c1. The van der Waals surface area contributed by atoms with Gasteiger partial charge in [-0.1, -0.05) is 0 Å². The molecule has 0 fully saturated rings. The average Bonchev–Trinajstić information content (AvgIpc) is 2.47. The number of rotatable bonds is 4. The van der Waals surface area contributed by atoms with Gasteiger partial charge in [-0.2, -0.15) is 9.97 Å². The van der Waals surface area contributed by atoms with Gasteiger partial charge < -0.3 is 14.2 Å². The van der Waals surface area contributed by atoms with Crippen LogP contribution >= 0.6 is 0 Å². The van der Waals surface area contributed by atoms with E-state index in [2.05, 4.69) is 15.0 Å². The molecular weight excluding hydrogens is 269 g/mol. The number of hydrogen-bond donors (Lipinski definition) is 0. The van der Waals surface area contributed by atoms with Gasteiger partial charge in [-0.25, -0.2) is 14.2 Å². The number of carbonyl (C=O) groups is 1. The van der Waals surface area contributed by atoms with Crippen molar-refractivity contribution in [1.29, 1.82) is 0 Å². The summed E-state index contributed by atoms with van der Waals surface area (Å²) in [5.41, 5.74) is -0.367. The zero-order valence-electron chi connectivity index (χ0n) is 10.7. The summed E-state index contributed by atoms with van der Waals surface area (Å²) >= 11 is 0. The van der Waals surface area contributed by atoms with Crippen molar-refractivity contribution in [2.75, 3.05) is 14.2 Å².